The average molecular weight is 351 g/mol. The second-order valence-corrected chi connectivity index (χ2v) is 5.89. The van der Waals surface area contributed by atoms with Gasteiger partial charge < -0.3 is 15.8 Å². The highest BCUT2D eigenvalue weighted by molar-refractivity contribution is 7.98. The van der Waals surface area contributed by atoms with Crippen LogP contribution in [0.2, 0.25) is 5.02 Å². The lowest BCUT2D eigenvalue weighted by Crippen LogP contribution is -2.21. The van der Waals surface area contributed by atoms with Crippen LogP contribution in [0.15, 0.2) is 47.4 Å². The van der Waals surface area contributed by atoms with Gasteiger partial charge in [0.2, 0.25) is 0 Å². The molecule has 3 N–H and O–H groups in total. The first kappa shape index (κ1) is 17.2. The average Bonchev–Trinajstić information content (AvgIpc) is 2.53. The number of thioether (sulfide) groups is 1. The molecule has 0 saturated carbocycles. The zero-order valence-electron chi connectivity index (χ0n) is 12.3. The Morgan fingerprint density at radius 1 is 1.26 bits per heavy atom. The predicted octanol–water partition coefficient (Wildman–Crippen LogP) is 3.18. The van der Waals surface area contributed by atoms with Gasteiger partial charge in [0.1, 0.15) is 5.75 Å². The third-order valence-electron chi connectivity index (χ3n) is 2.92. The Labute approximate surface area is 143 Å². The zero-order valence-corrected chi connectivity index (χ0v) is 13.9. The number of amides is 2. The SMILES string of the molecule is CSc1cccc(NC(=O)COc2ccc(Cl)cc2C(N)=O)c1. The fourth-order valence-corrected chi connectivity index (χ4v) is 2.49. The highest BCUT2D eigenvalue weighted by Gasteiger charge is 2.12. The standard InChI is InChI=1S/C16H15ClN2O3S/c1-23-12-4-2-3-11(8-12)19-15(20)9-22-14-6-5-10(17)7-13(14)16(18)21/h2-8H,9H2,1H3,(H2,18,21)(H,19,20). The van der Waals surface area contributed by atoms with Crippen LogP contribution in [0.5, 0.6) is 5.75 Å². The van der Waals surface area contributed by atoms with E-state index in [-0.39, 0.29) is 23.8 Å². The molecule has 0 aliphatic heterocycles. The van der Waals surface area contributed by atoms with E-state index < -0.39 is 5.91 Å². The van der Waals surface area contributed by atoms with Crippen LogP contribution < -0.4 is 15.8 Å². The largest absolute Gasteiger partial charge is 0.483 e. The number of hydrogen-bond acceptors (Lipinski definition) is 4. The fourth-order valence-electron chi connectivity index (χ4n) is 1.86. The van der Waals surface area contributed by atoms with Crippen LogP contribution in [0.1, 0.15) is 10.4 Å². The van der Waals surface area contributed by atoms with Crippen LogP contribution >= 0.6 is 23.4 Å². The second-order valence-electron chi connectivity index (χ2n) is 4.57. The van der Waals surface area contributed by atoms with Gasteiger partial charge in [-0.05, 0) is 42.7 Å². The maximum atomic E-state index is 11.9. The first-order valence-electron chi connectivity index (χ1n) is 6.65. The Bertz CT molecular complexity index is 737. The van der Waals surface area contributed by atoms with Crippen molar-refractivity contribution in [1.29, 1.82) is 0 Å². The Hall–Kier alpha value is -2.18. The number of anilines is 1. The minimum absolute atomic E-state index is 0.134. The summed E-state index contributed by atoms with van der Waals surface area (Å²) in [6, 6.07) is 11.9. The number of carbonyl (C=O) groups excluding carboxylic acids is 2. The number of nitrogens with two attached hydrogens (primary N) is 1. The van der Waals surface area contributed by atoms with Gasteiger partial charge in [0.15, 0.2) is 6.61 Å². The maximum absolute atomic E-state index is 11.9. The van der Waals surface area contributed by atoms with Crippen LogP contribution in [0.4, 0.5) is 5.69 Å². The molecule has 0 atom stereocenters. The summed E-state index contributed by atoms with van der Waals surface area (Å²) in [5.41, 5.74) is 6.08. The van der Waals surface area contributed by atoms with Crippen molar-refractivity contribution in [3.05, 3.63) is 53.1 Å². The van der Waals surface area contributed by atoms with E-state index in [1.54, 1.807) is 23.9 Å². The molecule has 7 heteroatoms. The van der Waals surface area contributed by atoms with Gasteiger partial charge in [0, 0.05) is 15.6 Å². The molecule has 0 aliphatic rings. The number of hydrogen-bond donors (Lipinski definition) is 2. The van der Waals surface area contributed by atoms with Gasteiger partial charge in [-0.15, -0.1) is 11.8 Å². The lowest BCUT2D eigenvalue weighted by atomic mass is 10.2. The van der Waals surface area contributed by atoms with Gasteiger partial charge in [-0.3, -0.25) is 9.59 Å². The van der Waals surface area contributed by atoms with Crippen molar-refractivity contribution < 1.29 is 14.3 Å². The van der Waals surface area contributed by atoms with Gasteiger partial charge in [-0.2, -0.15) is 0 Å². The second kappa shape index (κ2) is 7.89. The van der Waals surface area contributed by atoms with Crippen LogP contribution in [0, 0.1) is 0 Å². The van der Waals surface area contributed by atoms with Gasteiger partial charge in [0.25, 0.3) is 11.8 Å². The van der Waals surface area contributed by atoms with E-state index >= 15 is 0 Å². The molecule has 0 bridgehead atoms. The third kappa shape index (κ3) is 4.91. The molecular formula is C16H15ClN2O3S. The van der Waals surface area contributed by atoms with Crippen molar-refractivity contribution in [3.63, 3.8) is 0 Å². The first-order valence-corrected chi connectivity index (χ1v) is 8.26. The molecule has 0 aliphatic carbocycles. The van der Waals surface area contributed by atoms with Gasteiger partial charge in [0.05, 0.1) is 5.56 Å². The number of benzene rings is 2. The zero-order chi connectivity index (χ0) is 16.8. The summed E-state index contributed by atoms with van der Waals surface area (Å²) in [6.45, 7) is -0.245. The molecule has 0 saturated heterocycles. The summed E-state index contributed by atoms with van der Waals surface area (Å²) < 4.78 is 5.37. The molecule has 2 rings (SSSR count). The fraction of sp³-hybridized carbons (Fsp3) is 0.125. The van der Waals surface area contributed by atoms with Crippen molar-refractivity contribution in [3.8, 4) is 5.75 Å². The van der Waals surface area contributed by atoms with E-state index in [0.717, 1.165) is 4.90 Å². The molecule has 0 radical (unpaired) electrons. The van der Waals surface area contributed by atoms with Crippen molar-refractivity contribution >= 4 is 40.9 Å². The van der Waals surface area contributed by atoms with E-state index in [1.807, 2.05) is 24.5 Å². The summed E-state index contributed by atoms with van der Waals surface area (Å²) in [5, 5.41) is 3.09. The third-order valence-corrected chi connectivity index (χ3v) is 3.88. The minimum Gasteiger partial charge on any atom is -0.483 e. The normalized spacial score (nSPS) is 10.2. The maximum Gasteiger partial charge on any atom is 0.262 e. The number of halogens is 1. The number of ether oxygens (including phenoxy) is 1. The first-order chi connectivity index (χ1) is 11.0. The predicted molar refractivity (Wildman–Crippen MR) is 92.3 cm³/mol. The molecule has 0 unspecified atom stereocenters. The van der Waals surface area contributed by atoms with Gasteiger partial charge in [-0.25, -0.2) is 0 Å². The molecule has 2 aromatic carbocycles. The van der Waals surface area contributed by atoms with Crippen LogP contribution in [-0.4, -0.2) is 24.7 Å². The van der Waals surface area contributed by atoms with Crippen molar-refractivity contribution in [1.82, 2.24) is 0 Å². The quantitative estimate of drug-likeness (QED) is 0.784. The van der Waals surface area contributed by atoms with Crippen LogP contribution in [-0.2, 0) is 4.79 Å². The molecule has 2 amide bonds. The highest BCUT2D eigenvalue weighted by Crippen LogP contribution is 2.23. The number of rotatable bonds is 6. The Morgan fingerprint density at radius 2 is 2.04 bits per heavy atom. The lowest BCUT2D eigenvalue weighted by Gasteiger charge is -2.10. The smallest absolute Gasteiger partial charge is 0.262 e. The monoisotopic (exact) mass is 350 g/mol. The topological polar surface area (TPSA) is 81.4 Å². The number of nitrogens with one attached hydrogen (secondary N) is 1. The summed E-state index contributed by atoms with van der Waals surface area (Å²) in [5.74, 6) is -0.792. The minimum atomic E-state index is -0.671. The molecule has 23 heavy (non-hydrogen) atoms. The van der Waals surface area contributed by atoms with Crippen molar-refractivity contribution in [2.24, 2.45) is 5.73 Å². The number of carbonyl (C=O) groups is 2. The van der Waals surface area contributed by atoms with Crippen molar-refractivity contribution in [2.75, 3.05) is 18.2 Å². The number of primary amides is 1. The van der Waals surface area contributed by atoms with Crippen LogP contribution in [0.3, 0.4) is 0 Å². The molecule has 0 spiro atoms. The van der Waals surface area contributed by atoms with E-state index in [2.05, 4.69) is 5.32 Å². The molecular weight excluding hydrogens is 336 g/mol. The summed E-state index contributed by atoms with van der Waals surface area (Å²) >= 11 is 7.40. The van der Waals surface area contributed by atoms with Crippen molar-refractivity contribution in [2.45, 2.75) is 4.90 Å². The molecule has 5 nitrogen and oxygen atoms in total. The van der Waals surface area contributed by atoms with E-state index in [9.17, 15) is 9.59 Å². The Kier molecular flexibility index (Phi) is 5.90. The van der Waals surface area contributed by atoms with E-state index in [1.165, 1.54) is 12.1 Å². The van der Waals surface area contributed by atoms with E-state index in [0.29, 0.717) is 10.7 Å². The summed E-state index contributed by atoms with van der Waals surface area (Å²) in [7, 11) is 0. The lowest BCUT2D eigenvalue weighted by molar-refractivity contribution is -0.118. The highest BCUT2D eigenvalue weighted by atomic mass is 35.5. The van der Waals surface area contributed by atoms with Gasteiger partial charge in [-0.1, -0.05) is 17.7 Å². The summed E-state index contributed by atoms with van der Waals surface area (Å²) in [4.78, 5) is 24.3. The molecule has 120 valence electrons. The molecule has 2 aromatic rings. The van der Waals surface area contributed by atoms with Crippen LogP contribution in [0.25, 0.3) is 0 Å². The van der Waals surface area contributed by atoms with Gasteiger partial charge >= 0.3 is 0 Å². The molecule has 0 heterocycles. The van der Waals surface area contributed by atoms with E-state index in [4.69, 9.17) is 22.1 Å². The molecule has 0 aromatic heterocycles. The Morgan fingerprint density at radius 3 is 2.74 bits per heavy atom. The summed E-state index contributed by atoms with van der Waals surface area (Å²) in [6.07, 6.45) is 1.95. The Balaban J connectivity index is 2.00. The molecule has 0 fully saturated rings.